The minimum absolute atomic E-state index is 0.0139. The fourth-order valence-corrected chi connectivity index (χ4v) is 2.34. The van der Waals surface area contributed by atoms with Crippen molar-refractivity contribution in [3.8, 4) is 5.75 Å². The first-order valence-electron chi connectivity index (χ1n) is 7.50. The van der Waals surface area contributed by atoms with Gasteiger partial charge in [-0.2, -0.15) is 5.10 Å². The van der Waals surface area contributed by atoms with Gasteiger partial charge in [0.1, 0.15) is 6.04 Å². The Balaban J connectivity index is 1.97. The summed E-state index contributed by atoms with van der Waals surface area (Å²) in [7, 11) is 0. The normalized spacial score (nSPS) is 21.1. The molecule has 1 amide bonds. The monoisotopic (exact) mass is 335 g/mol. The summed E-state index contributed by atoms with van der Waals surface area (Å²) >= 11 is 0. The molecule has 24 heavy (non-hydrogen) atoms. The van der Waals surface area contributed by atoms with Crippen molar-refractivity contribution in [3.05, 3.63) is 33.9 Å². The lowest BCUT2D eigenvalue weighted by Gasteiger charge is -2.25. The second-order valence-corrected chi connectivity index (χ2v) is 6.70. The Bertz CT molecular complexity index is 668. The molecule has 0 spiro atoms. The van der Waals surface area contributed by atoms with Crippen LogP contribution in [-0.2, 0) is 4.79 Å². The predicted molar refractivity (Wildman–Crippen MR) is 88.4 cm³/mol. The van der Waals surface area contributed by atoms with Gasteiger partial charge >= 0.3 is 5.69 Å². The number of nitrogens with one attached hydrogen (secondary N) is 3. The molecular formula is C15H21N5O4. The molecule has 1 fully saturated rings. The fraction of sp³-hybridized carbons (Fsp3) is 0.467. The van der Waals surface area contributed by atoms with Gasteiger partial charge in [-0.1, -0.05) is 26.8 Å². The number of nitro groups is 1. The van der Waals surface area contributed by atoms with E-state index in [1.165, 1.54) is 24.4 Å². The van der Waals surface area contributed by atoms with E-state index in [9.17, 15) is 20.0 Å². The lowest BCUT2D eigenvalue weighted by atomic mass is 9.84. The molecule has 130 valence electrons. The third-order valence-corrected chi connectivity index (χ3v) is 3.89. The SMILES string of the molecule is CC(C)(C)C1CC(C(=O)N/N=C/c2cccc([N+](=O)[O-])c2O)NN1. The van der Waals surface area contributed by atoms with E-state index in [-0.39, 0.29) is 22.9 Å². The third kappa shape index (κ3) is 4.06. The van der Waals surface area contributed by atoms with Gasteiger partial charge in [0.15, 0.2) is 0 Å². The van der Waals surface area contributed by atoms with Crippen LogP contribution in [0, 0.1) is 15.5 Å². The highest BCUT2D eigenvalue weighted by molar-refractivity contribution is 5.88. The van der Waals surface area contributed by atoms with Crippen molar-refractivity contribution < 1.29 is 14.8 Å². The molecule has 1 aliphatic rings. The lowest BCUT2D eigenvalue weighted by molar-refractivity contribution is -0.385. The number of amides is 1. The summed E-state index contributed by atoms with van der Waals surface area (Å²) in [6, 6.07) is 3.80. The molecule has 1 heterocycles. The maximum absolute atomic E-state index is 12.1. The topological polar surface area (TPSA) is 129 Å². The zero-order valence-electron chi connectivity index (χ0n) is 13.7. The maximum Gasteiger partial charge on any atom is 0.311 e. The van der Waals surface area contributed by atoms with E-state index in [1.54, 1.807) is 0 Å². The number of phenols is 1. The van der Waals surface area contributed by atoms with Crippen LogP contribution in [0.1, 0.15) is 32.8 Å². The maximum atomic E-state index is 12.1. The van der Waals surface area contributed by atoms with E-state index in [0.717, 1.165) is 0 Å². The largest absolute Gasteiger partial charge is 0.502 e. The molecule has 1 aliphatic heterocycles. The van der Waals surface area contributed by atoms with Gasteiger partial charge in [-0.25, -0.2) is 10.9 Å². The second-order valence-electron chi connectivity index (χ2n) is 6.70. The number of hydrazone groups is 1. The number of hydrogen-bond acceptors (Lipinski definition) is 7. The Labute approximate surface area is 139 Å². The number of carbonyl (C=O) groups excluding carboxylic acids is 1. The van der Waals surface area contributed by atoms with Crippen LogP contribution in [-0.4, -0.2) is 34.2 Å². The number of phenolic OH excluding ortho intramolecular Hbond substituents is 1. The quantitative estimate of drug-likeness (QED) is 0.369. The molecular weight excluding hydrogens is 314 g/mol. The zero-order chi connectivity index (χ0) is 17.9. The smallest absolute Gasteiger partial charge is 0.311 e. The molecule has 1 aromatic rings. The van der Waals surface area contributed by atoms with Crippen molar-refractivity contribution in [2.24, 2.45) is 10.5 Å². The van der Waals surface area contributed by atoms with Crippen LogP contribution in [0.2, 0.25) is 0 Å². The first kappa shape index (κ1) is 17.8. The van der Waals surface area contributed by atoms with Crippen molar-refractivity contribution in [3.63, 3.8) is 0 Å². The predicted octanol–water partition coefficient (Wildman–Crippen LogP) is 1.03. The molecule has 1 aromatic carbocycles. The standard InChI is InChI=1S/C15H21N5O4/c1-15(2,3)12-7-10(17-18-12)14(22)19-16-8-9-5-4-6-11(13(9)21)20(23)24/h4-6,8,10,12,17-18,21H,7H2,1-3H3,(H,19,22)/b16-8+. The molecule has 9 heteroatoms. The molecule has 2 unspecified atom stereocenters. The zero-order valence-corrected chi connectivity index (χ0v) is 13.7. The van der Waals surface area contributed by atoms with Gasteiger partial charge in [-0.3, -0.25) is 20.3 Å². The number of hydrogen-bond donors (Lipinski definition) is 4. The van der Waals surface area contributed by atoms with E-state index >= 15 is 0 Å². The van der Waals surface area contributed by atoms with Gasteiger partial charge in [0.2, 0.25) is 5.75 Å². The number of nitrogens with zero attached hydrogens (tertiary/aromatic N) is 2. The average Bonchev–Trinajstić information content (AvgIpc) is 2.98. The van der Waals surface area contributed by atoms with Crippen molar-refractivity contribution in [2.75, 3.05) is 0 Å². The number of carbonyl (C=O) groups is 1. The molecule has 0 radical (unpaired) electrons. The third-order valence-electron chi connectivity index (χ3n) is 3.89. The van der Waals surface area contributed by atoms with Gasteiger partial charge in [-0.05, 0) is 17.9 Å². The molecule has 1 saturated heterocycles. The minimum Gasteiger partial charge on any atom is -0.502 e. The van der Waals surface area contributed by atoms with Crippen molar-refractivity contribution >= 4 is 17.8 Å². The van der Waals surface area contributed by atoms with Gasteiger partial charge in [-0.15, -0.1) is 0 Å². The van der Waals surface area contributed by atoms with E-state index in [2.05, 4.69) is 42.1 Å². The van der Waals surface area contributed by atoms with E-state index in [4.69, 9.17) is 0 Å². The molecule has 9 nitrogen and oxygen atoms in total. The van der Waals surface area contributed by atoms with E-state index in [0.29, 0.717) is 6.42 Å². The summed E-state index contributed by atoms with van der Waals surface area (Å²) in [6.07, 6.45) is 1.79. The van der Waals surface area contributed by atoms with Gasteiger partial charge in [0.05, 0.1) is 11.1 Å². The van der Waals surface area contributed by atoms with Gasteiger partial charge in [0, 0.05) is 17.7 Å². The number of para-hydroxylation sites is 1. The minimum atomic E-state index is -0.688. The summed E-state index contributed by atoms with van der Waals surface area (Å²) < 4.78 is 0. The lowest BCUT2D eigenvalue weighted by Crippen LogP contribution is -2.43. The summed E-state index contributed by atoms with van der Waals surface area (Å²) in [6.45, 7) is 6.24. The van der Waals surface area contributed by atoms with Crippen LogP contribution in [0.3, 0.4) is 0 Å². The Morgan fingerprint density at radius 1 is 1.46 bits per heavy atom. The highest BCUT2D eigenvalue weighted by Crippen LogP contribution is 2.28. The van der Waals surface area contributed by atoms with Gasteiger partial charge in [0.25, 0.3) is 5.91 Å². The summed E-state index contributed by atoms with van der Waals surface area (Å²) in [5, 5.41) is 24.3. The van der Waals surface area contributed by atoms with E-state index in [1.807, 2.05) is 0 Å². The molecule has 4 N–H and O–H groups in total. The molecule has 0 aliphatic carbocycles. The Morgan fingerprint density at radius 3 is 2.75 bits per heavy atom. The van der Waals surface area contributed by atoms with Crippen LogP contribution >= 0.6 is 0 Å². The molecule has 2 rings (SSSR count). The number of hydrazine groups is 1. The summed E-state index contributed by atoms with van der Waals surface area (Å²) in [4.78, 5) is 22.1. The second kappa shape index (κ2) is 6.93. The van der Waals surface area contributed by atoms with Crippen LogP contribution in [0.5, 0.6) is 5.75 Å². The van der Waals surface area contributed by atoms with Crippen molar-refractivity contribution in [1.29, 1.82) is 0 Å². The average molecular weight is 335 g/mol. The first-order valence-corrected chi connectivity index (χ1v) is 7.50. The number of rotatable bonds is 4. The Hall–Kier alpha value is -2.52. The fourth-order valence-electron chi connectivity index (χ4n) is 2.34. The van der Waals surface area contributed by atoms with Crippen LogP contribution < -0.4 is 16.3 Å². The van der Waals surface area contributed by atoms with Crippen LogP contribution in [0.15, 0.2) is 23.3 Å². The summed E-state index contributed by atoms with van der Waals surface area (Å²) in [5.74, 6) is -0.815. The Kier molecular flexibility index (Phi) is 5.15. The molecule has 0 saturated carbocycles. The van der Waals surface area contributed by atoms with E-state index < -0.39 is 22.4 Å². The van der Waals surface area contributed by atoms with Crippen molar-refractivity contribution in [2.45, 2.75) is 39.3 Å². The number of nitro benzene ring substituents is 1. The Morgan fingerprint density at radius 2 is 2.17 bits per heavy atom. The molecule has 2 atom stereocenters. The first-order chi connectivity index (χ1) is 11.2. The van der Waals surface area contributed by atoms with Crippen LogP contribution in [0.4, 0.5) is 5.69 Å². The highest BCUT2D eigenvalue weighted by Gasteiger charge is 2.35. The summed E-state index contributed by atoms with van der Waals surface area (Å²) in [5.41, 5.74) is 8.12. The van der Waals surface area contributed by atoms with Gasteiger partial charge < -0.3 is 5.11 Å². The number of aromatic hydroxyl groups is 1. The molecule has 0 bridgehead atoms. The molecule has 0 aromatic heterocycles. The number of benzene rings is 1. The van der Waals surface area contributed by atoms with Crippen molar-refractivity contribution in [1.82, 2.24) is 16.3 Å². The highest BCUT2D eigenvalue weighted by atomic mass is 16.6. The van der Waals surface area contributed by atoms with Crippen LogP contribution in [0.25, 0.3) is 0 Å².